The Morgan fingerprint density at radius 3 is 2.43 bits per heavy atom. The van der Waals surface area contributed by atoms with Crippen LogP contribution < -0.4 is 15.0 Å². The summed E-state index contributed by atoms with van der Waals surface area (Å²) in [5.41, 5.74) is 6.60. The number of nitrogens with zero attached hydrogens (tertiary/aromatic N) is 3. The first-order chi connectivity index (χ1) is 17.9. The lowest BCUT2D eigenvalue weighted by atomic mass is 9.96. The highest BCUT2D eigenvalue weighted by Gasteiger charge is 2.42. The van der Waals surface area contributed by atoms with Crippen LogP contribution in [0, 0.1) is 13.8 Å². The number of benzene rings is 2. The smallest absolute Gasteiger partial charge is 0.337 e. The highest BCUT2D eigenvalue weighted by Crippen LogP contribution is 2.44. The van der Waals surface area contributed by atoms with Gasteiger partial charge in [-0.1, -0.05) is 12.1 Å². The molecular formula is C29H28N4O3S. The molecule has 0 aliphatic carbocycles. The number of carbonyl (C=O) groups is 1. The number of aryl methyl sites for hydroxylation is 1. The molecule has 0 saturated carbocycles. The van der Waals surface area contributed by atoms with Crippen LogP contribution in [0.15, 0.2) is 79.0 Å². The van der Waals surface area contributed by atoms with Crippen molar-refractivity contribution in [3.63, 3.8) is 0 Å². The number of nitrogens with one attached hydrogen (secondary N) is 1. The van der Waals surface area contributed by atoms with Crippen LogP contribution in [0.25, 0.3) is 5.69 Å². The Morgan fingerprint density at radius 1 is 0.973 bits per heavy atom. The standard InChI is InChI=1S/C29H28N4O3S/c1-18-16-24(19(2)32(18)21-13-11-20(12-14-21)28(34)36-4)27-26(25-10-5-6-15-30-25)31-29(37)33(27)22-8-7-9-23(17-22)35-3/h5-17,26-27H,1-4H3,(H,31,37). The largest absolute Gasteiger partial charge is 0.497 e. The lowest BCUT2D eigenvalue weighted by Gasteiger charge is -2.28. The van der Waals surface area contributed by atoms with E-state index in [0.29, 0.717) is 10.7 Å². The number of ether oxygens (including phenoxy) is 2. The third kappa shape index (κ3) is 4.44. The maximum Gasteiger partial charge on any atom is 0.337 e. The normalized spacial score (nSPS) is 17.0. The van der Waals surface area contributed by atoms with Gasteiger partial charge in [-0.3, -0.25) is 4.98 Å². The van der Waals surface area contributed by atoms with Crippen molar-refractivity contribution in [2.75, 3.05) is 19.1 Å². The zero-order chi connectivity index (χ0) is 26.1. The Hall–Kier alpha value is -4.17. The molecule has 0 amide bonds. The van der Waals surface area contributed by atoms with Gasteiger partial charge in [0.1, 0.15) is 5.75 Å². The van der Waals surface area contributed by atoms with Gasteiger partial charge in [0, 0.05) is 35.0 Å². The maximum atomic E-state index is 11.9. The number of aromatic nitrogens is 2. The lowest BCUT2D eigenvalue weighted by Crippen LogP contribution is -2.29. The van der Waals surface area contributed by atoms with Gasteiger partial charge in [-0.25, -0.2) is 4.79 Å². The van der Waals surface area contributed by atoms with E-state index in [0.717, 1.165) is 39.8 Å². The van der Waals surface area contributed by atoms with Crippen LogP contribution in [0.1, 0.15) is 45.1 Å². The molecule has 4 aromatic rings. The van der Waals surface area contributed by atoms with Crippen molar-refractivity contribution in [3.8, 4) is 11.4 Å². The van der Waals surface area contributed by atoms with Crippen LogP contribution in [0.4, 0.5) is 5.69 Å². The number of anilines is 1. The van der Waals surface area contributed by atoms with Crippen molar-refractivity contribution in [1.82, 2.24) is 14.9 Å². The summed E-state index contributed by atoms with van der Waals surface area (Å²) in [6.07, 6.45) is 1.80. The van der Waals surface area contributed by atoms with E-state index < -0.39 is 0 Å². The minimum Gasteiger partial charge on any atom is -0.497 e. The molecule has 1 N–H and O–H groups in total. The summed E-state index contributed by atoms with van der Waals surface area (Å²) in [6, 6.07) is 23.2. The molecule has 5 rings (SSSR count). The van der Waals surface area contributed by atoms with E-state index in [4.69, 9.17) is 21.7 Å². The van der Waals surface area contributed by atoms with Crippen molar-refractivity contribution in [3.05, 3.63) is 107 Å². The van der Waals surface area contributed by atoms with E-state index in [2.05, 4.69) is 39.7 Å². The number of hydrogen-bond donors (Lipinski definition) is 1. The van der Waals surface area contributed by atoms with E-state index in [1.54, 1.807) is 25.4 Å². The molecule has 2 unspecified atom stereocenters. The summed E-state index contributed by atoms with van der Waals surface area (Å²) < 4.78 is 12.5. The molecule has 3 heterocycles. The molecule has 2 atom stereocenters. The second kappa shape index (κ2) is 10.1. The molecule has 2 aromatic carbocycles. The fourth-order valence-electron chi connectivity index (χ4n) is 5.06. The van der Waals surface area contributed by atoms with Crippen LogP contribution in [0.2, 0.25) is 0 Å². The monoisotopic (exact) mass is 512 g/mol. The molecule has 7 nitrogen and oxygen atoms in total. The molecule has 1 fully saturated rings. The van der Waals surface area contributed by atoms with Crippen molar-refractivity contribution < 1.29 is 14.3 Å². The Morgan fingerprint density at radius 2 is 1.76 bits per heavy atom. The van der Waals surface area contributed by atoms with Gasteiger partial charge in [0.25, 0.3) is 0 Å². The van der Waals surface area contributed by atoms with Crippen LogP contribution >= 0.6 is 12.2 Å². The molecule has 8 heteroatoms. The topological polar surface area (TPSA) is 68.6 Å². The van der Waals surface area contributed by atoms with Gasteiger partial charge in [0.15, 0.2) is 5.11 Å². The van der Waals surface area contributed by atoms with E-state index in [1.807, 2.05) is 54.6 Å². The fourth-order valence-corrected chi connectivity index (χ4v) is 5.40. The highest BCUT2D eigenvalue weighted by molar-refractivity contribution is 7.80. The minimum atomic E-state index is -0.356. The first-order valence-electron chi connectivity index (χ1n) is 11.9. The second-order valence-electron chi connectivity index (χ2n) is 8.90. The van der Waals surface area contributed by atoms with Crippen LogP contribution in [-0.2, 0) is 4.74 Å². The molecule has 188 valence electrons. The minimum absolute atomic E-state index is 0.149. The molecular weight excluding hydrogens is 484 g/mol. The molecule has 0 radical (unpaired) electrons. The number of carbonyl (C=O) groups excluding carboxylic acids is 1. The lowest BCUT2D eigenvalue weighted by molar-refractivity contribution is 0.0600. The summed E-state index contributed by atoms with van der Waals surface area (Å²) in [5, 5.41) is 4.15. The van der Waals surface area contributed by atoms with Gasteiger partial charge >= 0.3 is 5.97 Å². The number of pyridine rings is 1. The summed E-state index contributed by atoms with van der Waals surface area (Å²) in [6.45, 7) is 4.19. The Kier molecular flexibility index (Phi) is 6.67. The van der Waals surface area contributed by atoms with Gasteiger partial charge in [0.05, 0.1) is 37.6 Å². The van der Waals surface area contributed by atoms with Gasteiger partial charge in [0.2, 0.25) is 0 Å². The summed E-state index contributed by atoms with van der Waals surface area (Å²) in [4.78, 5) is 18.7. The first kappa shape index (κ1) is 24.5. The van der Waals surface area contributed by atoms with Crippen LogP contribution in [-0.4, -0.2) is 34.9 Å². The van der Waals surface area contributed by atoms with E-state index in [-0.39, 0.29) is 18.1 Å². The van der Waals surface area contributed by atoms with Crippen LogP contribution in [0.5, 0.6) is 5.75 Å². The van der Waals surface area contributed by atoms with Crippen molar-refractivity contribution >= 4 is 29.0 Å². The van der Waals surface area contributed by atoms with E-state index >= 15 is 0 Å². The fraction of sp³-hybridized carbons (Fsp3) is 0.207. The number of hydrogen-bond acceptors (Lipinski definition) is 5. The van der Waals surface area contributed by atoms with Gasteiger partial charge in [-0.2, -0.15) is 0 Å². The van der Waals surface area contributed by atoms with Crippen molar-refractivity contribution in [2.45, 2.75) is 25.9 Å². The highest BCUT2D eigenvalue weighted by atomic mass is 32.1. The molecule has 2 aromatic heterocycles. The molecule has 37 heavy (non-hydrogen) atoms. The van der Waals surface area contributed by atoms with Crippen LogP contribution in [0.3, 0.4) is 0 Å². The van der Waals surface area contributed by atoms with Crippen molar-refractivity contribution in [2.24, 2.45) is 0 Å². The summed E-state index contributed by atoms with van der Waals surface area (Å²) in [7, 11) is 3.04. The van der Waals surface area contributed by atoms with E-state index in [9.17, 15) is 4.79 Å². The number of thiocarbonyl (C=S) groups is 1. The summed E-state index contributed by atoms with van der Waals surface area (Å²) in [5.74, 6) is 0.405. The number of esters is 1. The quantitative estimate of drug-likeness (QED) is 0.272. The Bertz CT molecular complexity index is 1450. The third-order valence-corrected chi connectivity index (χ3v) is 7.08. The molecule has 1 aliphatic rings. The Balaban J connectivity index is 1.63. The average molecular weight is 513 g/mol. The number of methoxy groups -OCH3 is 2. The second-order valence-corrected chi connectivity index (χ2v) is 9.29. The Labute approximate surface area is 221 Å². The maximum absolute atomic E-state index is 11.9. The molecule has 1 aliphatic heterocycles. The zero-order valence-corrected chi connectivity index (χ0v) is 22.0. The average Bonchev–Trinajstić information content (AvgIpc) is 3.43. The third-order valence-electron chi connectivity index (χ3n) is 6.77. The van der Waals surface area contributed by atoms with Crippen molar-refractivity contribution in [1.29, 1.82) is 0 Å². The van der Waals surface area contributed by atoms with Gasteiger partial charge in [-0.15, -0.1) is 0 Å². The molecule has 0 bridgehead atoms. The zero-order valence-electron chi connectivity index (χ0n) is 21.1. The SMILES string of the molecule is COC(=O)c1ccc(-n2c(C)cc(C3C(c4ccccn4)NC(=S)N3c3cccc(OC)c3)c2C)cc1. The van der Waals surface area contributed by atoms with Gasteiger partial charge < -0.3 is 24.3 Å². The number of rotatable bonds is 6. The summed E-state index contributed by atoms with van der Waals surface area (Å²) >= 11 is 5.88. The predicted molar refractivity (Wildman–Crippen MR) is 148 cm³/mol. The molecule has 1 saturated heterocycles. The van der Waals surface area contributed by atoms with Gasteiger partial charge in [-0.05, 0) is 86.2 Å². The predicted octanol–water partition coefficient (Wildman–Crippen LogP) is 5.46. The molecule has 0 spiro atoms. The van der Waals surface area contributed by atoms with E-state index in [1.165, 1.54) is 7.11 Å². The first-order valence-corrected chi connectivity index (χ1v) is 12.4.